The summed E-state index contributed by atoms with van der Waals surface area (Å²) in [7, 11) is 5.97. The average molecular weight is 260 g/mol. The Bertz CT molecular complexity index is 531. The first-order valence-corrected chi connectivity index (χ1v) is 6.23. The van der Waals surface area contributed by atoms with Crippen LogP contribution in [0.5, 0.6) is 0 Å². The van der Waals surface area contributed by atoms with E-state index < -0.39 is 0 Å². The molecule has 1 aromatic carbocycles. The molecule has 0 radical (unpaired) electrons. The van der Waals surface area contributed by atoms with Gasteiger partial charge >= 0.3 is 0 Å². The fourth-order valence-corrected chi connectivity index (χ4v) is 1.93. The maximum absolute atomic E-state index is 8.99. The first-order chi connectivity index (χ1) is 9.11. The predicted octanol–water partition coefficient (Wildman–Crippen LogP) is 1.59. The topological polar surface area (TPSA) is 53.3 Å². The summed E-state index contributed by atoms with van der Waals surface area (Å²) in [4.78, 5) is 6.36. The number of anilines is 2. The van der Waals surface area contributed by atoms with E-state index in [1.165, 1.54) is 0 Å². The van der Waals surface area contributed by atoms with E-state index in [2.05, 4.69) is 14.9 Å². The van der Waals surface area contributed by atoms with Crippen LogP contribution in [0.4, 0.5) is 11.6 Å². The highest BCUT2D eigenvalue weighted by molar-refractivity contribution is 5.45. The molecular weight excluding hydrogens is 240 g/mol. The molecule has 19 heavy (non-hydrogen) atoms. The molecule has 0 saturated carbocycles. The summed E-state index contributed by atoms with van der Waals surface area (Å²) in [6.45, 7) is 0.796. The van der Waals surface area contributed by atoms with Gasteiger partial charge in [0, 0.05) is 26.8 Å². The molecule has 0 aliphatic rings. The minimum absolute atomic E-state index is 0.0776. The number of nitrogens with one attached hydrogen (secondary N) is 1. The Morgan fingerprint density at radius 2 is 1.95 bits per heavy atom. The van der Waals surface area contributed by atoms with Gasteiger partial charge in [-0.3, -0.25) is 0 Å². The molecule has 0 spiro atoms. The van der Waals surface area contributed by atoms with E-state index in [9.17, 15) is 0 Å². The van der Waals surface area contributed by atoms with Crippen LogP contribution in [0.1, 0.15) is 11.3 Å². The number of aliphatic hydroxyl groups is 1. The molecule has 0 aliphatic carbocycles. The maximum atomic E-state index is 8.99. The van der Waals surface area contributed by atoms with Crippen LogP contribution in [0.25, 0.3) is 0 Å². The Morgan fingerprint density at radius 3 is 2.47 bits per heavy atom. The molecule has 5 nitrogen and oxygen atoms in total. The minimum Gasteiger partial charge on any atom is -0.392 e. The van der Waals surface area contributed by atoms with Crippen molar-refractivity contribution in [3.8, 4) is 0 Å². The molecule has 0 saturated heterocycles. The van der Waals surface area contributed by atoms with Crippen LogP contribution in [0, 0.1) is 0 Å². The van der Waals surface area contributed by atoms with Crippen molar-refractivity contribution in [3.63, 3.8) is 0 Å². The summed E-state index contributed by atoms with van der Waals surface area (Å²) >= 11 is 0. The van der Waals surface area contributed by atoms with Gasteiger partial charge in [0.1, 0.15) is 0 Å². The van der Waals surface area contributed by atoms with Gasteiger partial charge in [-0.05, 0) is 17.7 Å². The summed E-state index contributed by atoms with van der Waals surface area (Å²) in [5.74, 6) is 0.937. The quantitative estimate of drug-likeness (QED) is 0.857. The molecule has 0 unspecified atom stereocenters. The Hall–Kier alpha value is -2.01. The second kappa shape index (κ2) is 5.75. The summed E-state index contributed by atoms with van der Waals surface area (Å²) in [6, 6.07) is 7.76. The van der Waals surface area contributed by atoms with E-state index in [1.54, 1.807) is 0 Å². The van der Waals surface area contributed by atoms with Gasteiger partial charge in [-0.25, -0.2) is 4.98 Å². The number of rotatable bonds is 5. The minimum atomic E-state index is 0.0776. The van der Waals surface area contributed by atoms with Crippen LogP contribution >= 0.6 is 0 Å². The molecule has 102 valence electrons. The fraction of sp³-hybridized carbons (Fsp3) is 0.357. The van der Waals surface area contributed by atoms with Gasteiger partial charge in [0.25, 0.3) is 0 Å². The maximum Gasteiger partial charge on any atom is 0.204 e. The van der Waals surface area contributed by atoms with Crippen LogP contribution in [-0.2, 0) is 20.2 Å². The Labute approximate surface area is 113 Å². The first kappa shape index (κ1) is 13.4. The molecular formula is C14H20N4O. The van der Waals surface area contributed by atoms with Gasteiger partial charge in [0.05, 0.1) is 25.0 Å². The molecule has 2 aromatic rings. The van der Waals surface area contributed by atoms with Crippen molar-refractivity contribution in [2.24, 2.45) is 7.05 Å². The number of hydrogen-bond acceptors (Lipinski definition) is 4. The van der Waals surface area contributed by atoms with Crippen molar-refractivity contribution in [3.05, 3.63) is 41.7 Å². The zero-order valence-corrected chi connectivity index (χ0v) is 11.6. The van der Waals surface area contributed by atoms with Gasteiger partial charge in [-0.2, -0.15) is 0 Å². The summed E-state index contributed by atoms with van der Waals surface area (Å²) in [5, 5.41) is 12.3. The number of aromatic nitrogens is 2. The van der Waals surface area contributed by atoms with Gasteiger partial charge in [-0.1, -0.05) is 12.1 Å². The van der Waals surface area contributed by atoms with Crippen LogP contribution in [-0.4, -0.2) is 28.8 Å². The lowest BCUT2D eigenvalue weighted by molar-refractivity contribution is 0.282. The van der Waals surface area contributed by atoms with Crippen LogP contribution in [0.3, 0.4) is 0 Å². The van der Waals surface area contributed by atoms with Crippen molar-refractivity contribution in [2.75, 3.05) is 24.3 Å². The zero-order chi connectivity index (χ0) is 13.8. The smallest absolute Gasteiger partial charge is 0.204 e. The van der Waals surface area contributed by atoms with Gasteiger partial charge in [-0.15, -0.1) is 0 Å². The molecule has 0 atom stereocenters. The third-order valence-electron chi connectivity index (χ3n) is 3.07. The Balaban J connectivity index is 2.02. The van der Waals surface area contributed by atoms with Gasteiger partial charge in [0.2, 0.25) is 5.95 Å². The van der Waals surface area contributed by atoms with E-state index in [1.807, 2.05) is 56.5 Å². The van der Waals surface area contributed by atoms with E-state index in [4.69, 9.17) is 5.11 Å². The Morgan fingerprint density at radius 1 is 1.26 bits per heavy atom. The highest BCUT2D eigenvalue weighted by Crippen LogP contribution is 2.14. The van der Waals surface area contributed by atoms with Crippen molar-refractivity contribution in [1.82, 2.24) is 9.55 Å². The van der Waals surface area contributed by atoms with Crippen molar-refractivity contribution in [1.29, 1.82) is 0 Å². The highest BCUT2D eigenvalue weighted by atomic mass is 16.3. The number of hydrogen-bond donors (Lipinski definition) is 2. The van der Waals surface area contributed by atoms with Crippen molar-refractivity contribution >= 4 is 11.6 Å². The largest absolute Gasteiger partial charge is 0.392 e. The molecule has 1 heterocycles. The second-order valence-corrected chi connectivity index (χ2v) is 4.71. The third kappa shape index (κ3) is 3.06. The highest BCUT2D eigenvalue weighted by Gasteiger charge is 2.07. The van der Waals surface area contributed by atoms with Crippen molar-refractivity contribution in [2.45, 2.75) is 13.2 Å². The molecule has 5 heteroatoms. The first-order valence-electron chi connectivity index (χ1n) is 6.23. The molecule has 0 aliphatic heterocycles. The summed E-state index contributed by atoms with van der Waals surface area (Å²) in [5.41, 5.74) is 3.07. The Kier molecular flexibility index (Phi) is 4.06. The van der Waals surface area contributed by atoms with E-state index in [0.717, 1.165) is 29.4 Å². The SMILES string of the molecule is CN(C)c1ncc(CNc2ccc(CO)cc2)n1C. The van der Waals surface area contributed by atoms with Crippen LogP contribution < -0.4 is 10.2 Å². The number of aliphatic hydroxyl groups excluding tert-OH is 1. The lowest BCUT2D eigenvalue weighted by Gasteiger charge is -2.13. The zero-order valence-electron chi connectivity index (χ0n) is 11.6. The third-order valence-corrected chi connectivity index (χ3v) is 3.07. The second-order valence-electron chi connectivity index (χ2n) is 4.71. The van der Waals surface area contributed by atoms with E-state index >= 15 is 0 Å². The molecule has 0 fully saturated rings. The van der Waals surface area contributed by atoms with Gasteiger partial charge < -0.3 is 19.9 Å². The lowest BCUT2D eigenvalue weighted by Crippen LogP contribution is -2.15. The summed E-state index contributed by atoms with van der Waals surface area (Å²) in [6.07, 6.45) is 1.88. The standard InChI is InChI=1S/C14H20N4O/c1-17(2)14-16-9-13(18(14)3)8-15-12-6-4-11(10-19)5-7-12/h4-7,9,15,19H,8,10H2,1-3H3. The van der Waals surface area contributed by atoms with Crippen LogP contribution in [0.2, 0.25) is 0 Å². The van der Waals surface area contributed by atoms with E-state index in [-0.39, 0.29) is 6.61 Å². The van der Waals surface area contributed by atoms with Gasteiger partial charge in [0.15, 0.2) is 0 Å². The molecule has 0 amide bonds. The molecule has 0 bridgehead atoms. The van der Waals surface area contributed by atoms with Crippen LogP contribution in [0.15, 0.2) is 30.5 Å². The molecule has 1 aromatic heterocycles. The fourth-order valence-electron chi connectivity index (χ4n) is 1.93. The number of imidazole rings is 1. The van der Waals surface area contributed by atoms with Crippen molar-refractivity contribution < 1.29 is 5.11 Å². The normalized spacial score (nSPS) is 10.5. The lowest BCUT2D eigenvalue weighted by atomic mass is 10.2. The predicted molar refractivity (Wildman–Crippen MR) is 77.2 cm³/mol. The number of benzene rings is 1. The monoisotopic (exact) mass is 260 g/mol. The van der Waals surface area contributed by atoms with E-state index in [0.29, 0.717) is 0 Å². The average Bonchev–Trinajstić information content (AvgIpc) is 2.78. The molecule has 2 N–H and O–H groups in total. The summed E-state index contributed by atoms with van der Waals surface area (Å²) < 4.78 is 2.06. The molecule has 2 rings (SSSR count). The number of nitrogens with zero attached hydrogens (tertiary/aromatic N) is 3.